The van der Waals surface area contributed by atoms with Crippen molar-refractivity contribution in [2.45, 2.75) is 25.3 Å². The highest BCUT2D eigenvalue weighted by atomic mass is 32.1. The summed E-state index contributed by atoms with van der Waals surface area (Å²) >= 11 is 1.78. The maximum atomic E-state index is 5.49. The molecule has 3 nitrogen and oxygen atoms in total. The van der Waals surface area contributed by atoms with Gasteiger partial charge in [0.05, 0.1) is 20.3 Å². The highest BCUT2D eigenvalue weighted by Crippen LogP contribution is 2.43. The fourth-order valence-corrected chi connectivity index (χ4v) is 3.81. The molecule has 0 radical (unpaired) electrons. The van der Waals surface area contributed by atoms with Gasteiger partial charge in [0.1, 0.15) is 0 Å². The summed E-state index contributed by atoms with van der Waals surface area (Å²) in [5.41, 5.74) is 2.69. The summed E-state index contributed by atoms with van der Waals surface area (Å²) in [7, 11) is 3.38. The molecule has 1 atom stereocenters. The van der Waals surface area contributed by atoms with Crippen molar-refractivity contribution >= 4 is 11.3 Å². The van der Waals surface area contributed by atoms with Crippen LogP contribution in [0.3, 0.4) is 0 Å². The lowest BCUT2D eigenvalue weighted by Crippen LogP contribution is -2.42. The average Bonchev–Trinajstić information content (AvgIpc) is 3.00. The monoisotopic (exact) mass is 303 g/mol. The van der Waals surface area contributed by atoms with Crippen molar-refractivity contribution in [3.63, 3.8) is 0 Å². The highest BCUT2D eigenvalue weighted by Gasteiger charge is 2.34. The number of methoxy groups -OCH3 is 2. The van der Waals surface area contributed by atoms with E-state index >= 15 is 0 Å². The molecule has 0 fully saturated rings. The van der Waals surface area contributed by atoms with Crippen molar-refractivity contribution in [3.05, 3.63) is 45.6 Å². The van der Waals surface area contributed by atoms with Crippen molar-refractivity contribution in [1.29, 1.82) is 0 Å². The van der Waals surface area contributed by atoms with Crippen LogP contribution < -0.4 is 14.8 Å². The van der Waals surface area contributed by atoms with Crippen molar-refractivity contribution in [2.75, 3.05) is 20.8 Å². The van der Waals surface area contributed by atoms with E-state index in [9.17, 15) is 0 Å². The zero-order valence-corrected chi connectivity index (χ0v) is 13.7. The number of hydrogen-bond acceptors (Lipinski definition) is 4. The van der Waals surface area contributed by atoms with Gasteiger partial charge < -0.3 is 14.8 Å². The van der Waals surface area contributed by atoms with E-state index in [-0.39, 0.29) is 11.5 Å². The third-order valence-corrected chi connectivity index (χ3v) is 5.11. The van der Waals surface area contributed by atoms with E-state index in [0.717, 1.165) is 18.0 Å². The van der Waals surface area contributed by atoms with E-state index in [1.807, 2.05) is 0 Å². The molecule has 1 aromatic heterocycles. The standard InChI is InChI=1S/C17H21NO2S/c1-17(2)10-18-16(15-6-5-7-21-15)11-8-13(19-3)14(20-4)9-12(11)17/h5-9,16,18H,10H2,1-4H3. The summed E-state index contributed by atoms with van der Waals surface area (Å²) in [5, 5.41) is 5.79. The first-order valence-corrected chi connectivity index (χ1v) is 7.98. The number of nitrogens with one attached hydrogen (secondary N) is 1. The zero-order valence-electron chi connectivity index (χ0n) is 12.9. The summed E-state index contributed by atoms with van der Waals surface area (Å²) in [5.74, 6) is 1.59. The predicted octanol–water partition coefficient (Wildman–Crippen LogP) is 3.74. The lowest BCUT2D eigenvalue weighted by Gasteiger charge is -2.38. The molecule has 1 unspecified atom stereocenters. The Morgan fingerprint density at radius 1 is 1.19 bits per heavy atom. The first-order chi connectivity index (χ1) is 10.1. The minimum atomic E-state index is 0.0721. The van der Waals surface area contributed by atoms with Crippen molar-refractivity contribution < 1.29 is 9.47 Å². The van der Waals surface area contributed by atoms with Crippen LogP contribution in [0.5, 0.6) is 11.5 Å². The Labute approximate surface area is 129 Å². The molecule has 112 valence electrons. The number of rotatable bonds is 3. The summed E-state index contributed by atoms with van der Waals surface area (Å²) in [6.07, 6.45) is 0. The lowest BCUT2D eigenvalue weighted by molar-refractivity contribution is 0.347. The van der Waals surface area contributed by atoms with Crippen LogP contribution in [0.1, 0.15) is 35.9 Å². The lowest BCUT2D eigenvalue weighted by atomic mass is 9.76. The topological polar surface area (TPSA) is 30.5 Å². The summed E-state index contributed by atoms with van der Waals surface area (Å²) in [4.78, 5) is 1.33. The van der Waals surface area contributed by atoms with Crippen LogP contribution in [-0.4, -0.2) is 20.8 Å². The third-order valence-electron chi connectivity index (χ3n) is 4.17. The molecule has 0 spiro atoms. The van der Waals surface area contributed by atoms with Gasteiger partial charge in [0, 0.05) is 16.8 Å². The van der Waals surface area contributed by atoms with Gasteiger partial charge >= 0.3 is 0 Å². The van der Waals surface area contributed by atoms with Gasteiger partial charge in [-0.1, -0.05) is 19.9 Å². The van der Waals surface area contributed by atoms with Crippen LogP contribution >= 0.6 is 11.3 Å². The molecule has 21 heavy (non-hydrogen) atoms. The Kier molecular flexibility index (Phi) is 3.68. The number of benzene rings is 1. The Morgan fingerprint density at radius 3 is 2.52 bits per heavy atom. The maximum Gasteiger partial charge on any atom is 0.161 e. The second-order valence-electron chi connectivity index (χ2n) is 6.01. The first kappa shape index (κ1) is 14.4. The van der Waals surface area contributed by atoms with E-state index in [4.69, 9.17) is 9.47 Å². The van der Waals surface area contributed by atoms with Gasteiger partial charge in [-0.05, 0) is 34.7 Å². The van der Waals surface area contributed by atoms with Gasteiger partial charge in [0.15, 0.2) is 11.5 Å². The van der Waals surface area contributed by atoms with E-state index in [1.54, 1.807) is 25.6 Å². The van der Waals surface area contributed by atoms with Gasteiger partial charge in [0.2, 0.25) is 0 Å². The Balaban J connectivity index is 2.18. The van der Waals surface area contributed by atoms with E-state index in [1.165, 1.54) is 16.0 Å². The molecule has 1 aromatic carbocycles. The van der Waals surface area contributed by atoms with Crippen LogP contribution in [0.15, 0.2) is 29.6 Å². The van der Waals surface area contributed by atoms with Gasteiger partial charge in [-0.3, -0.25) is 0 Å². The summed E-state index contributed by atoms with van der Waals surface area (Å²) in [6, 6.07) is 8.76. The van der Waals surface area contributed by atoms with Crippen molar-refractivity contribution in [2.24, 2.45) is 0 Å². The number of thiophene rings is 1. The molecule has 3 rings (SSSR count). The quantitative estimate of drug-likeness (QED) is 0.937. The molecule has 0 saturated carbocycles. The fraction of sp³-hybridized carbons (Fsp3) is 0.412. The van der Waals surface area contributed by atoms with Crippen LogP contribution in [-0.2, 0) is 5.41 Å². The number of ether oxygens (including phenoxy) is 2. The smallest absolute Gasteiger partial charge is 0.161 e. The second-order valence-corrected chi connectivity index (χ2v) is 6.99. The summed E-state index contributed by atoms with van der Waals surface area (Å²) in [6.45, 7) is 5.46. The minimum absolute atomic E-state index is 0.0721. The van der Waals surface area contributed by atoms with E-state index in [2.05, 4.69) is 48.8 Å². The molecular formula is C17H21NO2S. The fourth-order valence-electron chi connectivity index (χ4n) is 2.99. The SMILES string of the molecule is COc1cc2c(cc1OC)C(C)(C)CNC2c1cccs1. The molecule has 2 aromatic rings. The first-order valence-electron chi connectivity index (χ1n) is 7.10. The molecule has 4 heteroatoms. The van der Waals surface area contributed by atoms with Gasteiger partial charge in [-0.25, -0.2) is 0 Å². The molecule has 0 aliphatic carbocycles. The molecular weight excluding hydrogens is 282 g/mol. The molecule has 1 aliphatic heterocycles. The molecule has 1 N–H and O–H groups in total. The van der Waals surface area contributed by atoms with E-state index < -0.39 is 0 Å². The molecule has 0 amide bonds. The van der Waals surface area contributed by atoms with Crippen LogP contribution in [0.4, 0.5) is 0 Å². The largest absolute Gasteiger partial charge is 0.493 e. The Hall–Kier alpha value is -1.52. The van der Waals surface area contributed by atoms with E-state index in [0.29, 0.717) is 0 Å². The van der Waals surface area contributed by atoms with Crippen LogP contribution in [0, 0.1) is 0 Å². The molecule has 0 saturated heterocycles. The van der Waals surface area contributed by atoms with Gasteiger partial charge in [-0.2, -0.15) is 0 Å². The third kappa shape index (κ3) is 2.43. The second kappa shape index (κ2) is 5.35. The van der Waals surface area contributed by atoms with Gasteiger partial charge in [-0.15, -0.1) is 11.3 Å². The Bertz CT molecular complexity index is 634. The number of fused-ring (bicyclic) bond motifs is 1. The van der Waals surface area contributed by atoms with Crippen molar-refractivity contribution in [1.82, 2.24) is 5.32 Å². The predicted molar refractivity (Wildman–Crippen MR) is 86.7 cm³/mol. The molecule has 1 aliphatic rings. The summed E-state index contributed by atoms with van der Waals surface area (Å²) < 4.78 is 11.0. The Morgan fingerprint density at radius 2 is 1.90 bits per heavy atom. The zero-order chi connectivity index (χ0) is 15.0. The molecule has 0 bridgehead atoms. The van der Waals surface area contributed by atoms with Crippen molar-refractivity contribution in [3.8, 4) is 11.5 Å². The number of hydrogen-bond donors (Lipinski definition) is 1. The van der Waals surface area contributed by atoms with Crippen LogP contribution in [0.25, 0.3) is 0 Å². The highest BCUT2D eigenvalue weighted by molar-refractivity contribution is 7.10. The molecule has 2 heterocycles. The minimum Gasteiger partial charge on any atom is -0.493 e. The normalized spacial score (nSPS) is 19.9. The van der Waals surface area contributed by atoms with Crippen LogP contribution in [0.2, 0.25) is 0 Å². The maximum absolute atomic E-state index is 5.49. The average molecular weight is 303 g/mol. The van der Waals surface area contributed by atoms with Gasteiger partial charge in [0.25, 0.3) is 0 Å².